The average Bonchev–Trinajstić information content (AvgIpc) is 2.41. The Kier molecular flexibility index (Phi) is 15.6. The molecule has 0 heterocycles. The van der Waals surface area contributed by atoms with Gasteiger partial charge in [0.05, 0.1) is 0 Å². The minimum atomic E-state index is -0.342. The molecule has 0 aliphatic heterocycles. The molecule has 0 N–H and O–H groups in total. The van der Waals surface area contributed by atoms with Crippen molar-refractivity contribution in [1.29, 1.82) is 0 Å². The maximum atomic E-state index is 5.63. The molecule has 0 unspecified atom stereocenters. The summed E-state index contributed by atoms with van der Waals surface area (Å²) in [5.41, 5.74) is 0. The van der Waals surface area contributed by atoms with Crippen LogP contribution in [0.15, 0.2) is 0 Å². The van der Waals surface area contributed by atoms with Gasteiger partial charge in [-0.05, 0) is 32.6 Å². The molecule has 0 aliphatic carbocycles. The maximum Gasteiger partial charge on any atom is 0.222 e. The largest absolute Gasteiger partial charge is 0.342 e. The van der Waals surface area contributed by atoms with E-state index in [9.17, 15) is 0 Å². The van der Waals surface area contributed by atoms with Crippen molar-refractivity contribution in [2.75, 3.05) is 19.1 Å². The molecule has 0 saturated carbocycles. The van der Waals surface area contributed by atoms with Crippen LogP contribution in [-0.2, 0) is 9.47 Å². The van der Waals surface area contributed by atoms with Crippen molar-refractivity contribution in [3.05, 3.63) is 0 Å². The van der Waals surface area contributed by atoms with Gasteiger partial charge >= 0.3 is 0 Å². The van der Waals surface area contributed by atoms with Crippen molar-refractivity contribution < 1.29 is 9.47 Å². The Hall–Kier alpha value is -0.230. The molecule has 0 aromatic rings. The fourth-order valence-corrected chi connectivity index (χ4v) is 1.97. The summed E-state index contributed by atoms with van der Waals surface area (Å²) >= 11 is 5.63. The second-order valence-corrected chi connectivity index (χ2v) is 4.86. The van der Waals surface area contributed by atoms with Crippen LogP contribution >= 0.6 is 11.6 Å². The third kappa shape index (κ3) is 14.0. The van der Waals surface area contributed by atoms with E-state index in [1.807, 2.05) is 13.8 Å². The van der Waals surface area contributed by atoms with E-state index in [0.717, 1.165) is 18.7 Å². The molecule has 2 nitrogen and oxygen atoms in total. The molecule has 0 bridgehead atoms. The highest BCUT2D eigenvalue weighted by molar-refractivity contribution is 6.17. The van der Waals surface area contributed by atoms with Gasteiger partial charge in [0.25, 0.3) is 0 Å². The summed E-state index contributed by atoms with van der Waals surface area (Å²) in [6.07, 6.45) is 9.42. The van der Waals surface area contributed by atoms with Gasteiger partial charge in [-0.1, -0.05) is 38.0 Å². The molecule has 0 saturated heterocycles. The summed E-state index contributed by atoms with van der Waals surface area (Å²) < 4.78 is 10.7. The van der Waals surface area contributed by atoms with Crippen LogP contribution in [0, 0.1) is 11.8 Å². The lowest BCUT2D eigenvalue weighted by atomic mass is 10.1. The zero-order chi connectivity index (χ0) is 14.2. The number of alkyl halides is 1. The number of hydrogen-bond acceptors (Lipinski definition) is 2. The zero-order valence-corrected chi connectivity index (χ0v) is 13.3. The van der Waals surface area contributed by atoms with Gasteiger partial charge in [-0.15, -0.1) is 11.6 Å². The number of ether oxygens (including phenoxy) is 2. The van der Waals surface area contributed by atoms with Crippen LogP contribution in [0.1, 0.15) is 65.2 Å². The minimum Gasteiger partial charge on any atom is -0.342 e. The molecular weight excluding hydrogens is 260 g/mol. The third-order valence-corrected chi connectivity index (χ3v) is 3.06. The Morgan fingerprint density at radius 1 is 0.842 bits per heavy atom. The Bertz CT molecular complexity index is 227. The molecule has 0 fully saturated rings. The van der Waals surface area contributed by atoms with Crippen LogP contribution in [0.5, 0.6) is 0 Å². The van der Waals surface area contributed by atoms with E-state index in [4.69, 9.17) is 21.1 Å². The third-order valence-electron chi connectivity index (χ3n) is 2.79. The Morgan fingerprint density at radius 2 is 1.37 bits per heavy atom. The molecule has 0 rings (SSSR count). The average molecular weight is 289 g/mol. The van der Waals surface area contributed by atoms with E-state index in [-0.39, 0.29) is 6.29 Å². The van der Waals surface area contributed by atoms with E-state index < -0.39 is 0 Å². The molecule has 0 aliphatic rings. The van der Waals surface area contributed by atoms with Crippen molar-refractivity contribution in [3.8, 4) is 11.8 Å². The number of rotatable bonds is 12. The van der Waals surface area contributed by atoms with Crippen LogP contribution in [0.2, 0.25) is 0 Å². The molecule has 112 valence electrons. The standard InChI is InChI=1S/C16H29ClO2/c1-3-18-16(19-4-2)14-12-10-8-6-5-7-9-11-13-15-17/h16H,3-11,13,15H2,1-2H3. The molecule has 3 heteroatoms. The van der Waals surface area contributed by atoms with Crippen molar-refractivity contribution >= 4 is 11.6 Å². The summed E-state index contributed by atoms with van der Waals surface area (Å²) in [6.45, 7) is 5.19. The molecular formula is C16H29ClO2. The van der Waals surface area contributed by atoms with Gasteiger partial charge < -0.3 is 9.47 Å². The SMILES string of the molecule is CCOC(C#CCCCCCCCCCCl)OCC. The number of halogens is 1. The summed E-state index contributed by atoms with van der Waals surface area (Å²) in [5, 5.41) is 0. The first kappa shape index (κ1) is 18.8. The molecule has 0 aromatic heterocycles. The molecule has 19 heavy (non-hydrogen) atoms. The van der Waals surface area contributed by atoms with Crippen LogP contribution < -0.4 is 0 Å². The van der Waals surface area contributed by atoms with Crippen LogP contribution in [0.4, 0.5) is 0 Å². The molecule has 0 atom stereocenters. The minimum absolute atomic E-state index is 0.342. The van der Waals surface area contributed by atoms with Gasteiger partial charge in [0.1, 0.15) is 0 Å². The zero-order valence-electron chi connectivity index (χ0n) is 12.5. The summed E-state index contributed by atoms with van der Waals surface area (Å²) in [6, 6.07) is 0. The number of hydrogen-bond donors (Lipinski definition) is 0. The highest BCUT2D eigenvalue weighted by Gasteiger charge is 2.00. The van der Waals surface area contributed by atoms with Crippen molar-refractivity contribution in [1.82, 2.24) is 0 Å². The van der Waals surface area contributed by atoms with E-state index in [1.165, 1.54) is 38.5 Å². The molecule has 0 spiro atoms. The normalized spacial score (nSPS) is 10.5. The molecule has 0 radical (unpaired) electrons. The smallest absolute Gasteiger partial charge is 0.222 e. The van der Waals surface area contributed by atoms with Gasteiger partial charge in [-0.2, -0.15) is 0 Å². The van der Waals surface area contributed by atoms with E-state index in [0.29, 0.717) is 13.2 Å². The van der Waals surface area contributed by atoms with Gasteiger partial charge in [-0.25, -0.2) is 0 Å². The molecule has 0 amide bonds. The van der Waals surface area contributed by atoms with E-state index in [2.05, 4.69) is 11.8 Å². The summed E-state index contributed by atoms with van der Waals surface area (Å²) in [7, 11) is 0. The van der Waals surface area contributed by atoms with Crippen molar-refractivity contribution in [2.45, 2.75) is 71.5 Å². The Balaban J connectivity index is 3.41. The lowest BCUT2D eigenvalue weighted by Gasteiger charge is -2.09. The first-order valence-electron chi connectivity index (χ1n) is 7.62. The highest BCUT2D eigenvalue weighted by Crippen LogP contribution is 2.08. The van der Waals surface area contributed by atoms with Gasteiger partial charge in [0, 0.05) is 25.5 Å². The highest BCUT2D eigenvalue weighted by atomic mass is 35.5. The Labute approximate surface area is 124 Å². The fourth-order valence-electron chi connectivity index (χ4n) is 1.78. The van der Waals surface area contributed by atoms with E-state index in [1.54, 1.807) is 0 Å². The van der Waals surface area contributed by atoms with Gasteiger partial charge in [0.2, 0.25) is 6.29 Å². The lowest BCUT2D eigenvalue weighted by Crippen LogP contribution is -2.14. The lowest BCUT2D eigenvalue weighted by molar-refractivity contribution is -0.0970. The second-order valence-electron chi connectivity index (χ2n) is 4.48. The quantitative estimate of drug-likeness (QED) is 0.223. The predicted octanol–water partition coefficient (Wildman–Crippen LogP) is 4.75. The van der Waals surface area contributed by atoms with Gasteiger partial charge in [-0.3, -0.25) is 0 Å². The first-order chi connectivity index (χ1) is 9.35. The van der Waals surface area contributed by atoms with Crippen LogP contribution in [0.3, 0.4) is 0 Å². The molecule has 0 aromatic carbocycles. The fraction of sp³-hybridized carbons (Fsp3) is 0.875. The topological polar surface area (TPSA) is 18.5 Å². The van der Waals surface area contributed by atoms with Crippen LogP contribution in [0.25, 0.3) is 0 Å². The van der Waals surface area contributed by atoms with Gasteiger partial charge in [0.15, 0.2) is 0 Å². The first-order valence-corrected chi connectivity index (χ1v) is 8.16. The van der Waals surface area contributed by atoms with Crippen molar-refractivity contribution in [2.24, 2.45) is 0 Å². The van der Waals surface area contributed by atoms with Crippen LogP contribution in [-0.4, -0.2) is 25.4 Å². The van der Waals surface area contributed by atoms with Crippen molar-refractivity contribution in [3.63, 3.8) is 0 Å². The summed E-state index contributed by atoms with van der Waals surface area (Å²) in [4.78, 5) is 0. The van der Waals surface area contributed by atoms with E-state index >= 15 is 0 Å². The monoisotopic (exact) mass is 288 g/mol. The second kappa shape index (κ2) is 15.8. The summed E-state index contributed by atoms with van der Waals surface area (Å²) in [5.74, 6) is 6.98. The Morgan fingerprint density at radius 3 is 1.89 bits per heavy atom. The number of unbranched alkanes of at least 4 members (excludes halogenated alkanes) is 7. The predicted molar refractivity (Wildman–Crippen MR) is 82.5 cm³/mol. The maximum absolute atomic E-state index is 5.63.